The van der Waals surface area contributed by atoms with E-state index >= 15 is 0 Å². The summed E-state index contributed by atoms with van der Waals surface area (Å²) in [6.45, 7) is 7.67. The van der Waals surface area contributed by atoms with E-state index in [9.17, 15) is 4.39 Å². The van der Waals surface area contributed by atoms with Crippen molar-refractivity contribution in [3.8, 4) is 0 Å². The van der Waals surface area contributed by atoms with Gasteiger partial charge >= 0.3 is 0 Å². The molecule has 150 valence electrons. The molecule has 29 heavy (non-hydrogen) atoms. The van der Waals surface area contributed by atoms with Gasteiger partial charge in [0.2, 0.25) is 0 Å². The zero-order valence-electron chi connectivity index (χ0n) is 17.0. The summed E-state index contributed by atoms with van der Waals surface area (Å²) >= 11 is 0. The minimum Gasteiger partial charge on any atom is -0.357 e. The SMILES string of the molecule is C/C(=C\CCN1CCN2Cc3[nH]c4ccccc4c3CC2C1)c1ccc(F)cc1. The van der Waals surface area contributed by atoms with Gasteiger partial charge in [0, 0.05) is 55.4 Å². The number of halogens is 1. The van der Waals surface area contributed by atoms with Crippen molar-refractivity contribution in [2.75, 3.05) is 26.2 Å². The second kappa shape index (κ2) is 7.77. The van der Waals surface area contributed by atoms with Crippen molar-refractivity contribution in [2.45, 2.75) is 32.4 Å². The lowest BCUT2D eigenvalue weighted by Crippen LogP contribution is -2.55. The predicted octanol–water partition coefficient (Wildman–Crippen LogP) is 4.84. The van der Waals surface area contributed by atoms with Gasteiger partial charge in [0.1, 0.15) is 5.82 Å². The van der Waals surface area contributed by atoms with Crippen LogP contribution in [0.4, 0.5) is 4.39 Å². The molecule has 0 aliphatic carbocycles. The number of aromatic nitrogens is 1. The van der Waals surface area contributed by atoms with Crippen molar-refractivity contribution in [3.63, 3.8) is 0 Å². The number of piperazine rings is 1. The molecule has 0 bridgehead atoms. The summed E-state index contributed by atoms with van der Waals surface area (Å²) in [6.07, 6.45) is 4.47. The molecule has 2 aliphatic heterocycles. The monoisotopic (exact) mass is 389 g/mol. The standard InChI is InChI=1S/C25H28FN3/c1-18(19-8-10-20(26)11-9-19)5-4-12-28-13-14-29-17-25-23(15-21(29)16-28)22-6-2-3-7-24(22)27-25/h2-3,5-11,21,27H,4,12-17H2,1H3/b18-5+. The van der Waals surface area contributed by atoms with E-state index in [0.29, 0.717) is 6.04 Å². The molecular weight excluding hydrogens is 361 g/mol. The molecule has 2 aliphatic rings. The van der Waals surface area contributed by atoms with Crippen molar-refractivity contribution in [1.29, 1.82) is 0 Å². The summed E-state index contributed by atoms with van der Waals surface area (Å²) in [6, 6.07) is 16.1. The Hall–Kier alpha value is -2.43. The van der Waals surface area contributed by atoms with Crippen LogP contribution in [-0.4, -0.2) is 47.0 Å². The zero-order valence-corrected chi connectivity index (χ0v) is 17.0. The van der Waals surface area contributed by atoms with Gasteiger partial charge in [-0.15, -0.1) is 0 Å². The summed E-state index contributed by atoms with van der Waals surface area (Å²) in [5, 5.41) is 1.40. The van der Waals surface area contributed by atoms with Gasteiger partial charge in [-0.05, 0) is 54.7 Å². The molecule has 0 radical (unpaired) electrons. The van der Waals surface area contributed by atoms with E-state index in [-0.39, 0.29) is 5.82 Å². The van der Waals surface area contributed by atoms with Crippen LogP contribution in [0, 0.1) is 5.82 Å². The Labute approximate surface area is 171 Å². The first kappa shape index (κ1) is 18.6. The fourth-order valence-electron chi connectivity index (χ4n) is 4.92. The van der Waals surface area contributed by atoms with Crippen LogP contribution >= 0.6 is 0 Å². The van der Waals surface area contributed by atoms with Gasteiger partial charge in [0.05, 0.1) is 0 Å². The number of rotatable bonds is 4. The molecule has 3 nitrogen and oxygen atoms in total. The number of benzene rings is 2. The molecule has 4 heteroatoms. The minimum atomic E-state index is -0.176. The number of H-pyrrole nitrogens is 1. The number of nitrogens with one attached hydrogen (secondary N) is 1. The topological polar surface area (TPSA) is 22.3 Å². The number of allylic oxidation sites excluding steroid dienone is 1. The van der Waals surface area contributed by atoms with Crippen molar-refractivity contribution < 1.29 is 4.39 Å². The maximum atomic E-state index is 13.1. The Bertz CT molecular complexity index is 1030. The Morgan fingerprint density at radius 1 is 1.14 bits per heavy atom. The average molecular weight is 390 g/mol. The maximum Gasteiger partial charge on any atom is 0.123 e. The first-order valence-electron chi connectivity index (χ1n) is 10.6. The van der Waals surface area contributed by atoms with Crippen LogP contribution < -0.4 is 0 Å². The summed E-state index contributed by atoms with van der Waals surface area (Å²) in [5.41, 5.74) is 6.54. The van der Waals surface area contributed by atoms with Crippen LogP contribution in [-0.2, 0) is 13.0 Å². The summed E-state index contributed by atoms with van der Waals surface area (Å²) < 4.78 is 13.1. The fourth-order valence-corrected chi connectivity index (χ4v) is 4.92. The quantitative estimate of drug-likeness (QED) is 0.690. The Morgan fingerprint density at radius 2 is 1.97 bits per heavy atom. The number of aromatic amines is 1. The van der Waals surface area contributed by atoms with Crippen molar-refractivity contribution in [2.24, 2.45) is 0 Å². The fraction of sp³-hybridized carbons (Fsp3) is 0.360. The molecule has 1 atom stereocenters. The molecule has 5 rings (SSSR count). The van der Waals surface area contributed by atoms with Crippen molar-refractivity contribution in [1.82, 2.24) is 14.8 Å². The van der Waals surface area contributed by atoms with Gasteiger partial charge in [0.15, 0.2) is 0 Å². The summed E-state index contributed by atoms with van der Waals surface area (Å²) in [5.74, 6) is -0.176. The average Bonchev–Trinajstić information content (AvgIpc) is 3.10. The smallest absolute Gasteiger partial charge is 0.123 e. The highest BCUT2D eigenvalue weighted by Gasteiger charge is 2.32. The third-order valence-corrected chi connectivity index (χ3v) is 6.59. The van der Waals surface area contributed by atoms with Crippen LogP contribution in [0.2, 0.25) is 0 Å². The van der Waals surface area contributed by atoms with Gasteiger partial charge in [0.25, 0.3) is 0 Å². The largest absolute Gasteiger partial charge is 0.357 e. The molecule has 0 amide bonds. The first-order chi connectivity index (χ1) is 14.2. The molecule has 2 aromatic carbocycles. The highest BCUT2D eigenvalue weighted by atomic mass is 19.1. The lowest BCUT2D eigenvalue weighted by molar-refractivity contribution is 0.0611. The number of para-hydroxylation sites is 1. The zero-order chi connectivity index (χ0) is 19.8. The highest BCUT2D eigenvalue weighted by Crippen LogP contribution is 2.31. The molecule has 0 saturated carbocycles. The van der Waals surface area contributed by atoms with E-state index in [1.807, 2.05) is 12.1 Å². The van der Waals surface area contributed by atoms with E-state index in [0.717, 1.165) is 51.1 Å². The van der Waals surface area contributed by atoms with Crippen LogP contribution in [0.5, 0.6) is 0 Å². The summed E-state index contributed by atoms with van der Waals surface area (Å²) in [4.78, 5) is 8.89. The Balaban J connectivity index is 1.22. The lowest BCUT2D eigenvalue weighted by Gasteiger charge is -2.44. The van der Waals surface area contributed by atoms with Gasteiger partial charge < -0.3 is 9.88 Å². The Kier molecular flexibility index (Phi) is 4.98. The lowest BCUT2D eigenvalue weighted by atomic mass is 9.94. The van der Waals surface area contributed by atoms with Crippen LogP contribution in [0.15, 0.2) is 54.6 Å². The summed E-state index contributed by atoms with van der Waals surface area (Å²) in [7, 11) is 0. The van der Waals surface area contributed by atoms with Crippen LogP contribution in [0.1, 0.15) is 30.2 Å². The molecule has 1 unspecified atom stereocenters. The Morgan fingerprint density at radius 3 is 2.83 bits per heavy atom. The number of hydrogen-bond acceptors (Lipinski definition) is 2. The second-order valence-electron chi connectivity index (χ2n) is 8.44. The van der Waals surface area contributed by atoms with E-state index in [1.165, 1.54) is 39.9 Å². The third kappa shape index (κ3) is 3.75. The molecule has 1 aromatic heterocycles. The van der Waals surface area contributed by atoms with E-state index in [1.54, 1.807) is 0 Å². The van der Waals surface area contributed by atoms with Gasteiger partial charge in [-0.3, -0.25) is 4.90 Å². The van der Waals surface area contributed by atoms with Crippen LogP contribution in [0.25, 0.3) is 16.5 Å². The van der Waals surface area contributed by atoms with Gasteiger partial charge in [-0.25, -0.2) is 4.39 Å². The third-order valence-electron chi connectivity index (χ3n) is 6.59. The van der Waals surface area contributed by atoms with Crippen molar-refractivity contribution >= 4 is 16.5 Å². The molecule has 1 N–H and O–H groups in total. The number of nitrogens with zero attached hydrogens (tertiary/aromatic N) is 2. The molecule has 1 saturated heterocycles. The van der Waals surface area contributed by atoms with E-state index < -0.39 is 0 Å². The second-order valence-corrected chi connectivity index (χ2v) is 8.44. The van der Waals surface area contributed by atoms with E-state index in [2.05, 4.69) is 52.0 Å². The van der Waals surface area contributed by atoms with Crippen LogP contribution in [0.3, 0.4) is 0 Å². The van der Waals surface area contributed by atoms with Gasteiger partial charge in [-0.1, -0.05) is 36.4 Å². The number of hydrogen-bond donors (Lipinski definition) is 1. The minimum absolute atomic E-state index is 0.176. The first-order valence-corrected chi connectivity index (χ1v) is 10.6. The molecule has 3 heterocycles. The number of fused-ring (bicyclic) bond motifs is 4. The van der Waals surface area contributed by atoms with Gasteiger partial charge in [-0.2, -0.15) is 0 Å². The highest BCUT2D eigenvalue weighted by molar-refractivity contribution is 5.84. The predicted molar refractivity (Wildman–Crippen MR) is 117 cm³/mol. The van der Waals surface area contributed by atoms with E-state index in [4.69, 9.17) is 0 Å². The van der Waals surface area contributed by atoms with Crippen molar-refractivity contribution in [3.05, 3.63) is 77.2 Å². The normalized spacial score (nSPS) is 20.6. The molecule has 0 spiro atoms. The maximum absolute atomic E-state index is 13.1. The molecule has 3 aromatic rings. The molecular formula is C25H28FN3. The molecule has 1 fully saturated rings.